The van der Waals surface area contributed by atoms with Crippen LogP contribution in [0.3, 0.4) is 0 Å². The molecule has 8 heavy (non-hydrogen) atoms. The number of aliphatic hydroxyl groups excluding tert-OH is 1. The lowest BCUT2D eigenvalue weighted by Crippen LogP contribution is -1.77. The number of rotatable bonds is 3. The molecule has 0 bridgehead atoms. The number of halogens is 1. The first-order valence-electron chi connectivity index (χ1n) is 2.41. The molecular weight excluding hydrogens is 128 g/mol. The average molecular weight is 137 g/mol. The molecule has 0 aliphatic carbocycles. The van der Waals surface area contributed by atoms with Gasteiger partial charge in [0.2, 0.25) is 0 Å². The molecule has 0 fully saturated rings. The van der Waals surface area contributed by atoms with Gasteiger partial charge in [0.1, 0.15) is 0 Å². The molecule has 0 unspecified atom stereocenters. The molecule has 0 aliphatic rings. The Kier molecular flexibility index (Phi) is 4.56. The molecule has 0 heterocycles. The van der Waals surface area contributed by atoms with Crippen molar-refractivity contribution in [2.45, 2.75) is 12.8 Å². The smallest absolute Gasteiger partial charge is 0.269 e. The van der Waals surface area contributed by atoms with E-state index in [0.29, 0.717) is 12.3 Å². The van der Waals surface area contributed by atoms with Gasteiger partial charge in [0.15, 0.2) is 0 Å². The van der Waals surface area contributed by atoms with E-state index in [-0.39, 0.29) is 0 Å². The highest BCUT2D eigenvalue weighted by atomic mass is 35.5. The van der Waals surface area contributed by atoms with Gasteiger partial charge in [-0.05, 0) is 18.9 Å². The van der Waals surface area contributed by atoms with Crippen LogP contribution in [0.1, 0.15) is 12.8 Å². The highest BCUT2D eigenvalue weighted by Crippen LogP contribution is 1.94. The van der Waals surface area contributed by atoms with Crippen molar-refractivity contribution < 1.29 is 10.2 Å². The van der Waals surface area contributed by atoms with Crippen LogP contribution in [-0.4, -0.2) is 16.1 Å². The van der Waals surface area contributed by atoms with E-state index >= 15 is 0 Å². The third kappa shape index (κ3) is 5.63. The zero-order valence-corrected chi connectivity index (χ0v) is 5.23. The second-order valence-electron chi connectivity index (χ2n) is 1.39. The van der Waals surface area contributed by atoms with E-state index in [1.165, 1.54) is 6.08 Å². The molecular formula is C5H9ClO2. The average Bonchev–Trinajstić information content (AvgIpc) is 1.66. The molecule has 0 aromatic carbocycles. The maximum absolute atomic E-state index is 8.15. The van der Waals surface area contributed by atoms with Gasteiger partial charge in [-0.15, -0.1) is 11.6 Å². The van der Waals surface area contributed by atoms with Crippen molar-refractivity contribution in [3.63, 3.8) is 0 Å². The number of alkyl halides is 1. The van der Waals surface area contributed by atoms with Crippen LogP contribution in [-0.2, 0) is 0 Å². The molecule has 2 N–H and O–H groups in total. The SMILES string of the molecule is OC(O)=CCCCCl. The second-order valence-corrected chi connectivity index (χ2v) is 1.77. The third-order valence-corrected chi connectivity index (χ3v) is 0.932. The summed E-state index contributed by atoms with van der Waals surface area (Å²) in [5, 5.41) is 16.3. The summed E-state index contributed by atoms with van der Waals surface area (Å²) < 4.78 is 0. The van der Waals surface area contributed by atoms with E-state index in [1.807, 2.05) is 0 Å². The minimum absolute atomic E-state index is 0.559. The fourth-order valence-electron chi connectivity index (χ4n) is 0.308. The first kappa shape index (κ1) is 7.63. The summed E-state index contributed by atoms with van der Waals surface area (Å²) >= 11 is 5.29. The lowest BCUT2D eigenvalue weighted by atomic mass is 10.3. The van der Waals surface area contributed by atoms with Crippen molar-refractivity contribution in [1.82, 2.24) is 0 Å². The molecule has 0 rings (SSSR count). The van der Waals surface area contributed by atoms with E-state index in [2.05, 4.69) is 0 Å². The number of hydrogen-bond acceptors (Lipinski definition) is 2. The Morgan fingerprint density at radius 3 is 2.50 bits per heavy atom. The minimum atomic E-state index is -0.616. The first-order chi connectivity index (χ1) is 3.77. The highest BCUT2D eigenvalue weighted by Gasteiger charge is 1.82. The summed E-state index contributed by atoms with van der Waals surface area (Å²) in [5.41, 5.74) is 0. The van der Waals surface area contributed by atoms with E-state index in [9.17, 15) is 0 Å². The van der Waals surface area contributed by atoms with Crippen LogP contribution in [0.15, 0.2) is 12.0 Å². The first-order valence-corrected chi connectivity index (χ1v) is 2.95. The molecule has 0 radical (unpaired) electrons. The Bertz CT molecular complexity index is 76.5. The fourth-order valence-corrected chi connectivity index (χ4v) is 0.463. The zero-order valence-electron chi connectivity index (χ0n) is 4.47. The van der Waals surface area contributed by atoms with Gasteiger partial charge < -0.3 is 10.2 Å². The van der Waals surface area contributed by atoms with Crippen LogP contribution >= 0.6 is 11.6 Å². The number of allylic oxidation sites excluding steroid dienone is 1. The van der Waals surface area contributed by atoms with Crippen LogP contribution in [0, 0.1) is 0 Å². The van der Waals surface area contributed by atoms with Gasteiger partial charge in [0.05, 0.1) is 0 Å². The number of aliphatic hydroxyl groups is 2. The van der Waals surface area contributed by atoms with Gasteiger partial charge in [0, 0.05) is 5.88 Å². The lowest BCUT2D eigenvalue weighted by molar-refractivity contribution is 0.189. The third-order valence-electron chi connectivity index (χ3n) is 0.665. The number of unbranched alkanes of at least 4 members (excludes halogenated alkanes) is 1. The topological polar surface area (TPSA) is 40.5 Å². The van der Waals surface area contributed by atoms with Crippen LogP contribution in [0.2, 0.25) is 0 Å². The van der Waals surface area contributed by atoms with Gasteiger partial charge >= 0.3 is 0 Å². The van der Waals surface area contributed by atoms with Crippen LogP contribution in [0.4, 0.5) is 0 Å². The Balaban J connectivity index is 3.03. The van der Waals surface area contributed by atoms with Gasteiger partial charge in [-0.2, -0.15) is 0 Å². The highest BCUT2D eigenvalue weighted by molar-refractivity contribution is 6.17. The minimum Gasteiger partial charge on any atom is -0.481 e. The Labute approximate surface area is 53.4 Å². The van der Waals surface area contributed by atoms with Crippen molar-refractivity contribution in [2.75, 3.05) is 5.88 Å². The van der Waals surface area contributed by atoms with Crippen molar-refractivity contribution >= 4 is 11.6 Å². The van der Waals surface area contributed by atoms with Gasteiger partial charge in [0.25, 0.3) is 5.95 Å². The van der Waals surface area contributed by atoms with Crippen molar-refractivity contribution in [1.29, 1.82) is 0 Å². The lowest BCUT2D eigenvalue weighted by Gasteiger charge is -1.86. The molecule has 3 heteroatoms. The molecule has 48 valence electrons. The van der Waals surface area contributed by atoms with Crippen molar-refractivity contribution in [3.05, 3.63) is 12.0 Å². The molecule has 0 saturated carbocycles. The fraction of sp³-hybridized carbons (Fsp3) is 0.600. The maximum Gasteiger partial charge on any atom is 0.269 e. The molecule has 0 aromatic heterocycles. The molecule has 2 nitrogen and oxygen atoms in total. The normalized spacial score (nSPS) is 8.62. The number of hydrogen-bond donors (Lipinski definition) is 2. The van der Waals surface area contributed by atoms with Gasteiger partial charge in [-0.25, -0.2) is 0 Å². The van der Waals surface area contributed by atoms with Crippen molar-refractivity contribution in [3.8, 4) is 0 Å². The summed E-state index contributed by atoms with van der Waals surface area (Å²) in [7, 11) is 0. The summed E-state index contributed by atoms with van der Waals surface area (Å²) in [6.45, 7) is 0. The predicted molar refractivity (Wildman–Crippen MR) is 33.3 cm³/mol. The van der Waals surface area contributed by atoms with E-state index in [1.54, 1.807) is 0 Å². The predicted octanol–water partition coefficient (Wildman–Crippen LogP) is 1.96. The summed E-state index contributed by atoms with van der Waals surface area (Å²) in [4.78, 5) is 0. The van der Waals surface area contributed by atoms with E-state index < -0.39 is 5.95 Å². The Morgan fingerprint density at radius 2 is 2.12 bits per heavy atom. The maximum atomic E-state index is 8.15. The monoisotopic (exact) mass is 136 g/mol. The second kappa shape index (κ2) is 4.78. The summed E-state index contributed by atoms with van der Waals surface area (Å²) in [6, 6.07) is 0. The molecule has 0 spiro atoms. The molecule has 0 atom stereocenters. The van der Waals surface area contributed by atoms with Gasteiger partial charge in [-0.3, -0.25) is 0 Å². The molecule has 0 saturated heterocycles. The van der Waals surface area contributed by atoms with Crippen LogP contribution < -0.4 is 0 Å². The van der Waals surface area contributed by atoms with Crippen molar-refractivity contribution in [2.24, 2.45) is 0 Å². The largest absolute Gasteiger partial charge is 0.481 e. The molecule has 0 aliphatic heterocycles. The summed E-state index contributed by atoms with van der Waals surface area (Å²) in [5.74, 6) is -0.0563. The standard InChI is InChI=1S/C5H9ClO2/c6-4-2-1-3-5(7)8/h3,7-8H,1-2,4H2. The van der Waals surface area contributed by atoms with E-state index in [0.717, 1.165) is 6.42 Å². The van der Waals surface area contributed by atoms with Crippen LogP contribution in [0.5, 0.6) is 0 Å². The molecule has 0 aromatic rings. The Hall–Kier alpha value is -0.370. The molecule has 0 amide bonds. The van der Waals surface area contributed by atoms with Gasteiger partial charge in [-0.1, -0.05) is 0 Å². The zero-order chi connectivity index (χ0) is 6.41. The van der Waals surface area contributed by atoms with Crippen LogP contribution in [0.25, 0.3) is 0 Å². The Morgan fingerprint density at radius 1 is 1.50 bits per heavy atom. The summed E-state index contributed by atoms with van der Waals surface area (Å²) in [6.07, 6.45) is 2.74. The van der Waals surface area contributed by atoms with E-state index in [4.69, 9.17) is 21.8 Å². The quantitative estimate of drug-likeness (QED) is 0.354.